The van der Waals surface area contributed by atoms with Crippen molar-refractivity contribution >= 4 is 23.4 Å². The van der Waals surface area contributed by atoms with E-state index in [1.807, 2.05) is 61.5 Å². The van der Waals surface area contributed by atoms with Crippen LogP contribution in [0.2, 0.25) is 0 Å². The number of carbonyl (C=O) groups is 2. The summed E-state index contributed by atoms with van der Waals surface area (Å²) < 4.78 is 4.93. The predicted octanol–water partition coefficient (Wildman–Crippen LogP) is 3.77. The Kier molecular flexibility index (Phi) is 4.51. The number of fused-ring (bicyclic) bond motifs is 1. The molecule has 1 heterocycles. The number of anilines is 2. The second-order valence-electron chi connectivity index (χ2n) is 5.89. The van der Waals surface area contributed by atoms with Crippen LogP contribution in [0.3, 0.4) is 0 Å². The minimum atomic E-state index is -0.345. The summed E-state index contributed by atoms with van der Waals surface area (Å²) in [6, 6.07) is 16.5. The van der Waals surface area contributed by atoms with Crippen molar-refractivity contribution in [3.8, 4) is 0 Å². The summed E-state index contributed by atoms with van der Waals surface area (Å²) in [5.41, 5.74) is 2.31. The molecule has 0 saturated heterocycles. The van der Waals surface area contributed by atoms with Gasteiger partial charge in [0, 0.05) is 17.4 Å². The van der Waals surface area contributed by atoms with Crippen LogP contribution in [0.25, 0.3) is 0 Å². The lowest BCUT2D eigenvalue weighted by Crippen LogP contribution is -2.46. The van der Waals surface area contributed by atoms with Crippen LogP contribution < -0.4 is 10.2 Å². The van der Waals surface area contributed by atoms with E-state index < -0.39 is 0 Å². The number of nitrogens with zero attached hydrogens (tertiary/aromatic N) is 1. The molecule has 5 heteroatoms. The molecule has 5 nitrogen and oxygen atoms in total. The molecule has 2 aromatic carbocycles. The highest BCUT2D eigenvalue weighted by Crippen LogP contribution is 2.39. The van der Waals surface area contributed by atoms with E-state index in [-0.39, 0.29) is 24.0 Å². The molecule has 1 aliphatic heterocycles. The lowest BCUT2D eigenvalue weighted by Gasteiger charge is -2.38. The van der Waals surface area contributed by atoms with Gasteiger partial charge in [-0.2, -0.15) is 0 Å². The quantitative estimate of drug-likeness (QED) is 0.855. The number of para-hydroxylation sites is 2. The van der Waals surface area contributed by atoms with Gasteiger partial charge >= 0.3 is 12.0 Å². The van der Waals surface area contributed by atoms with Crippen molar-refractivity contribution in [3.05, 3.63) is 60.2 Å². The summed E-state index contributed by atoms with van der Waals surface area (Å²) in [6.07, 6.45) is 0.534. The highest BCUT2D eigenvalue weighted by molar-refractivity contribution is 6.03. The van der Waals surface area contributed by atoms with Gasteiger partial charge in [0.1, 0.15) is 0 Å². The highest BCUT2D eigenvalue weighted by atomic mass is 16.5. The second kappa shape index (κ2) is 6.74. The third kappa shape index (κ3) is 2.97. The molecule has 0 fully saturated rings. The molecule has 124 valence electrons. The van der Waals surface area contributed by atoms with Gasteiger partial charge < -0.3 is 10.1 Å². The third-order valence-corrected chi connectivity index (χ3v) is 4.32. The molecule has 0 spiro atoms. The van der Waals surface area contributed by atoms with Gasteiger partial charge in [0.2, 0.25) is 0 Å². The SMILES string of the molecule is COC(=O)C1CC(C)N(C(=O)Nc2ccccc2)c2ccccc21. The Morgan fingerprint density at radius 1 is 1.08 bits per heavy atom. The van der Waals surface area contributed by atoms with Crippen LogP contribution in [0.15, 0.2) is 54.6 Å². The minimum absolute atomic E-state index is 0.118. The summed E-state index contributed by atoms with van der Waals surface area (Å²) in [5.74, 6) is -0.612. The summed E-state index contributed by atoms with van der Waals surface area (Å²) in [4.78, 5) is 26.6. The molecule has 2 unspecified atom stereocenters. The van der Waals surface area contributed by atoms with Gasteiger partial charge in [-0.25, -0.2) is 4.79 Å². The number of urea groups is 1. The number of methoxy groups -OCH3 is 1. The van der Waals surface area contributed by atoms with Crippen LogP contribution in [0, 0.1) is 0 Å². The van der Waals surface area contributed by atoms with Gasteiger partial charge in [-0.1, -0.05) is 36.4 Å². The minimum Gasteiger partial charge on any atom is -0.469 e. The molecular formula is C19H20N2O3. The average Bonchev–Trinajstić information content (AvgIpc) is 2.61. The maximum Gasteiger partial charge on any atom is 0.326 e. The lowest BCUT2D eigenvalue weighted by atomic mass is 9.86. The van der Waals surface area contributed by atoms with E-state index in [0.29, 0.717) is 6.42 Å². The van der Waals surface area contributed by atoms with E-state index in [0.717, 1.165) is 16.9 Å². The molecule has 0 aliphatic carbocycles. The number of rotatable bonds is 2. The number of esters is 1. The number of amides is 2. The van der Waals surface area contributed by atoms with Crippen molar-refractivity contribution in [2.45, 2.75) is 25.3 Å². The normalized spacial score (nSPS) is 19.3. The van der Waals surface area contributed by atoms with E-state index >= 15 is 0 Å². The monoisotopic (exact) mass is 324 g/mol. The van der Waals surface area contributed by atoms with Crippen LogP contribution in [0.4, 0.5) is 16.2 Å². The van der Waals surface area contributed by atoms with Gasteiger partial charge in [-0.05, 0) is 37.1 Å². The summed E-state index contributed by atoms with van der Waals surface area (Å²) in [5, 5.41) is 2.91. The van der Waals surface area contributed by atoms with E-state index in [4.69, 9.17) is 4.74 Å². The van der Waals surface area contributed by atoms with Gasteiger partial charge in [0.25, 0.3) is 0 Å². The summed E-state index contributed by atoms with van der Waals surface area (Å²) in [6.45, 7) is 1.94. The van der Waals surface area contributed by atoms with Crippen LogP contribution in [-0.2, 0) is 9.53 Å². The molecule has 2 atom stereocenters. The van der Waals surface area contributed by atoms with Crippen LogP contribution in [0.5, 0.6) is 0 Å². The molecule has 0 aromatic heterocycles. The Hall–Kier alpha value is -2.82. The van der Waals surface area contributed by atoms with E-state index in [2.05, 4.69) is 5.32 Å². The third-order valence-electron chi connectivity index (χ3n) is 4.32. The molecular weight excluding hydrogens is 304 g/mol. The Labute approximate surface area is 141 Å². The lowest BCUT2D eigenvalue weighted by molar-refractivity contribution is -0.142. The maximum atomic E-state index is 12.8. The highest BCUT2D eigenvalue weighted by Gasteiger charge is 2.37. The standard InChI is InChI=1S/C19H20N2O3/c1-13-12-16(18(22)24-2)15-10-6-7-11-17(15)21(13)19(23)20-14-8-4-3-5-9-14/h3-11,13,16H,12H2,1-2H3,(H,20,23). The maximum absolute atomic E-state index is 12.8. The Morgan fingerprint density at radius 2 is 1.75 bits per heavy atom. The van der Waals surface area contributed by atoms with Crippen molar-refractivity contribution in [3.63, 3.8) is 0 Å². The molecule has 2 amide bonds. The zero-order valence-corrected chi connectivity index (χ0v) is 13.7. The van der Waals surface area contributed by atoms with Crippen molar-refractivity contribution in [1.82, 2.24) is 0 Å². The fourth-order valence-corrected chi connectivity index (χ4v) is 3.19. The fourth-order valence-electron chi connectivity index (χ4n) is 3.19. The van der Waals surface area contributed by atoms with Gasteiger partial charge in [-0.15, -0.1) is 0 Å². The topological polar surface area (TPSA) is 58.6 Å². The molecule has 0 radical (unpaired) electrons. The number of nitrogens with one attached hydrogen (secondary N) is 1. The fraction of sp³-hybridized carbons (Fsp3) is 0.263. The van der Waals surface area contributed by atoms with Gasteiger partial charge in [0.05, 0.1) is 13.0 Å². The molecule has 3 rings (SSSR count). The van der Waals surface area contributed by atoms with E-state index in [9.17, 15) is 9.59 Å². The first-order valence-corrected chi connectivity index (χ1v) is 7.94. The zero-order chi connectivity index (χ0) is 17.1. The van der Waals surface area contributed by atoms with Crippen molar-refractivity contribution in [2.75, 3.05) is 17.3 Å². The first-order chi connectivity index (χ1) is 11.6. The van der Waals surface area contributed by atoms with Crippen molar-refractivity contribution in [2.24, 2.45) is 0 Å². The Balaban J connectivity index is 1.93. The van der Waals surface area contributed by atoms with E-state index in [1.165, 1.54) is 7.11 Å². The number of hydrogen-bond donors (Lipinski definition) is 1. The largest absolute Gasteiger partial charge is 0.469 e. The van der Waals surface area contributed by atoms with Crippen molar-refractivity contribution in [1.29, 1.82) is 0 Å². The van der Waals surface area contributed by atoms with Gasteiger partial charge in [0.15, 0.2) is 0 Å². The van der Waals surface area contributed by atoms with Crippen LogP contribution in [-0.4, -0.2) is 25.2 Å². The van der Waals surface area contributed by atoms with Crippen LogP contribution in [0.1, 0.15) is 24.8 Å². The summed E-state index contributed by atoms with van der Waals surface area (Å²) >= 11 is 0. The number of benzene rings is 2. The predicted molar refractivity (Wildman–Crippen MR) is 93.2 cm³/mol. The summed E-state index contributed by atoms with van der Waals surface area (Å²) in [7, 11) is 1.39. The first kappa shape index (κ1) is 16.1. The average molecular weight is 324 g/mol. The molecule has 1 aliphatic rings. The number of ether oxygens (including phenoxy) is 1. The van der Waals surface area contributed by atoms with E-state index in [1.54, 1.807) is 4.90 Å². The molecule has 2 aromatic rings. The second-order valence-corrected chi connectivity index (χ2v) is 5.89. The first-order valence-electron chi connectivity index (χ1n) is 7.94. The molecule has 1 N–H and O–H groups in total. The Morgan fingerprint density at radius 3 is 2.46 bits per heavy atom. The molecule has 0 bridgehead atoms. The van der Waals surface area contributed by atoms with Crippen molar-refractivity contribution < 1.29 is 14.3 Å². The molecule has 24 heavy (non-hydrogen) atoms. The number of carbonyl (C=O) groups excluding carboxylic acids is 2. The van der Waals surface area contributed by atoms with Crippen LogP contribution >= 0.6 is 0 Å². The van der Waals surface area contributed by atoms with Gasteiger partial charge in [-0.3, -0.25) is 9.69 Å². The Bertz CT molecular complexity index is 745. The zero-order valence-electron chi connectivity index (χ0n) is 13.7. The smallest absolute Gasteiger partial charge is 0.326 e. The molecule has 0 saturated carbocycles. The number of hydrogen-bond acceptors (Lipinski definition) is 3.